The Hall–Kier alpha value is -3.58. The van der Waals surface area contributed by atoms with E-state index in [9.17, 15) is 0 Å². The largest absolute Gasteiger partial charge is 0.345 e. The van der Waals surface area contributed by atoms with Crippen molar-refractivity contribution >= 4 is 23.0 Å². The standard InChI is InChI=1S/C36H37N/c1-26-9-14-29(15-10-26)30-19-21-35(22-20-30)37(2)36-8-4-7-33(25-36)32-6-3-5-27(23-32)11-12-28-13-16-31-17-18-34(31)24-28/h3-4,6-9,11-16,19-22,24-27,32H,5,10,17-18,23H2,1-2H3/b12-11+/t26-,27?,32?/m1/s1. The molecule has 0 heterocycles. The summed E-state index contributed by atoms with van der Waals surface area (Å²) in [6.07, 6.45) is 22.4. The van der Waals surface area contributed by atoms with E-state index in [0.29, 0.717) is 17.8 Å². The number of nitrogens with zero attached hydrogens (tertiary/aromatic N) is 1. The van der Waals surface area contributed by atoms with Crippen molar-refractivity contribution < 1.29 is 0 Å². The van der Waals surface area contributed by atoms with Gasteiger partial charge in [-0.3, -0.25) is 0 Å². The molecule has 6 rings (SSSR count). The van der Waals surface area contributed by atoms with E-state index >= 15 is 0 Å². The highest BCUT2D eigenvalue weighted by Gasteiger charge is 2.19. The minimum absolute atomic E-state index is 0.461. The van der Waals surface area contributed by atoms with Gasteiger partial charge in [-0.25, -0.2) is 0 Å². The van der Waals surface area contributed by atoms with Crippen LogP contribution in [-0.4, -0.2) is 7.05 Å². The first-order valence-electron chi connectivity index (χ1n) is 13.9. The predicted octanol–water partition coefficient (Wildman–Crippen LogP) is 9.30. The highest BCUT2D eigenvalue weighted by atomic mass is 15.1. The fourth-order valence-corrected chi connectivity index (χ4v) is 5.82. The third kappa shape index (κ3) is 5.27. The van der Waals surface area contributed by atoms with Gasteiger partial charge in [0.1, 0.15) is 0 Å². The first-order chi connectivity index (χ1) is 18.1. The molecule has 2 unspecified atom stereocenters. The number of hydrogen-bond donors (Lipinski definition) is 0. The van der Waals surface area contributed by atoms with Crippen LogP contribution in [0.3, 0.4) is 0 Å². The fourth-order valence-electron chi connectivity index (χ4n) is 5.82. The zero-order valence-corrected chi connectivity index (χ0v) is 22.1. The van der Waals surface area contributed by atoms with Crippen LogP contribution in [0.15, 0.2) is 103 Å². The van der Waals surface area contributed by atoms with Gasteiger partial charge in [0.25, 0.3) is 0 Å². The van der Waals surface area contributed by atoms with Gasteiger partial charge in [-0.2, -0.15) is 0 Å². The molecule has 0 N–H and O–H groups in total. The van der Waals surface area contributed by atoms with Crippen molar-refractivity contribution in [2.45, 2.75) is 44.9 Å². The lowest BCUT2D eigenvalue weighted by Crippen LogP contribution is -2.12. The summed E-state index contributed by atoms with van der Waals surface area (Å²) in [5, 5.41) is 0. The average Bonchev–Trinajstić information content (AvgIpc) is 2.93. The first kappa shape index (κ1) is 23.8. The summed E-state index contributed by atoms with van der Waals surface area (Å²) in [7, 11) is 2.17. The van der Waals surface area contributed by atoms with Gasteiger partial charge >= 0.3 is 0 Å². The first-order valence-corrected chi connectivity index (χ1v) is 13.9. The Labute approximate surface area is 222 Å². The monoisotopic (exact) mass is 483 g/mol. The van der Waals surface area contributed by atoms with Crippen molar-refractivity contribution in [3.63, 3.8) is 0 Å². The van der Waals surface area contributed by atoms with Gasteiger partial charge in [0.05, 0.1) is 0 Å². The van der Waals surface area contributed by atoms with Crippen LogP contribution in [0.4, 0.5) is 11.4 Å². The van der Waals surface area contributed by atoms with Crippen LogP contribution in [0.5, 0.6) is 0 Å². The van der Waals surface area contributed by atoms with Crippen molar-refractivity contribution in [3.8, 4) is 0 Å². The second kappa shape index (κ2) is 10.4. The molecule has 0 amide bonds. The number of aryl methyl sites for hydroxylation is 2. The molecular weight excluding hydrogens is 446 g/mol. The molecule has 0 aliphatic heterocycles. The summed E-state index contributed by atoms with van der Waals surface area (Å²) < 4.78 is 0. The SMILES string of the molecule is C[C@@H]1C=CC(c2ccc(N(C)c3cccc(C4C=CCC(/C=C/c5ccc6c(c5)CC6)C4)c3)cc2)=CC1. The molecule has 186 valence electrons. The summed E-state index contributed by atoms with van der Waals surface area (Å²) in [6.45, 7) is 2.27. The molecule has 3 aromatic rings. The zero-order chi connectivity index (χ0) is 25.2. The number of anilines is 2. The van der Waals surface area contributed by atoms with Crippen LogP contribution in [-0.2, 0) is 12.8 Å². The lowest BCUT2D eigenvalue weighted by atomic mass is 9.82. The normalized spacial score (nSPS) is 22.4. The van der Waals surface area contributed by atoms with Crippen LogP contribution in [0.25, 0.3) is 11.6 Å². The minimum atomic E-state index is 0.461. The third-order valence-electron chi connectivity index (χ3n) is 8.41. The van der Waals surface area contributed by atoms with E-state index in [-0.39, 0.29) is 0 Å². The molecular formula is C36H37N. The van der Waals surface area contributed by atoms with Crippen LogP contribution >= 0.6 is 0 Å². The molecule has 1 heteroatoms. The third-order valence-corrected chi connectivity index (χ3v) is 8.41. The number of hydrogen-bond acceptors (Lipinski definition) is 1. The van der Waals surface area contributed by atoms with Gasteiger partial charge in [-0.1, -0.05) is 91.9 Å². The average molecular weight is 484 g/mol. The summed E-state index contributed by atoms with van der Waals surface area (Å²) >= 11 is 0. The van der Waals surface area contributed by atoms with Crippen molar-refractivity contribution in [1.29, 1.82) is 0 Å². The molecule has 0 saturated heterocycles. The van der Waals surface area contributed by atoms with E-state index < -0.39 is 0 Å². The van der Waals surface area contributed by atoms with Gasteiger partial charge in [-0.15, -0.1) is 0 Å². The Bertz CT molecular complexity index is 1380. The van der Waals surface area contributed by atoms with Gasteiger partial charge in [0.15, 0.2) is 0 Å². The molecule has 3 aliphatic rings. The smallest absolute Gasteiger partial charge is 0.0411 e. The van der Waals surface area contributed by atoms with Crippen LogP contribution in [0.2, 0.25) is 0 Å². The summed E-state index contributed by atoms with van der Waals surface area (Å²) in [5.41, 5.74) is 10.9. The molecule has 3 atom stereocenters. The summed E-state index contributed by atoms with van der Waals surface area (Å²) in [6, 6.07) is 25.1. The lowest BCUT2D eigenvalue weighted by molar-refractivity contribution is 0.539. The Kier molecular flexibility index (Phi) is 6.70. The van der Waals surface area contributed by atoms with E-state index in [1.165, 1.54) is 64.0 Å². The molecule has 0 spiro atoms. The second-order valence-electron chi connectivity index (χ2n) is 11.1. The molecule has 0 saturated carbocycles. The van der Waals surface area contributed by atoms with E-state index in [1.54, 1.807) is 0 Å². The van der Waals surface area contributed by atoms with Crippen molar-refractivity contribution in [1.82, 2.24) is 0 Å². The van der Waals surface area contributed by atoms with Crippen LogP contribution < -0.4 is 4.90 Å². The Morgan fingerprint density at radius 2 is 1.70 bits per heavy atom. The predicted molar refractivity (Wildman–Crippen MR) is 159 cm³/mol. The zero-order valence-electron chi connectivity index (χ0n) is 22.1. The maximum Gasteiger partial charge on any atom is 0.0411 e. The van der Waals surface area contributed by atoms with Crippen molar-refractivity contribution in [2.24, 2.45) is 11.8 Å². The van der Waals surface area contributed by atoms with Gasteiger partial charge in [0, 0.05) is 24.3 Å². The quantitative estimate of drug-likeness (QED) is 0.316. The highest BCUT2D eigenvalue weighted by Crippen LogP contribution is 2.35. The Morgan fingerprint density at radius 1 is 0.838 bits per heavy atom. The Morgan fingerprint density at radius 3 is 2.46 bits per heavy atom. The maximum atomic E-state index is 2.44. The molecule has 0 radical (unpaired) electrons. The van der Waals surface area contributed by atoms with E-state index in [0.717, 1.165) is 12.8 Å². The molecule has 0 fully saturated rings. The van der Waals surface area contributed by atoms with Crippen molar-refractivity contribution in [3.05, 3.63) is 131 Å². The topological polar surface area (TPSA) is 3.24 Å². The van der Waals surface area contributed by atoms with Gasteiger partial charge in [-0.05, 0) is 102 Å². The summed E-state index contributed by atoms with van der Waals surface area (Å²) in [5.74, 6) is 1.69. The molecule has 3 aliphatic carbocycles. The molecule has 37 heavy (non-hydrogen) atoms. The van der Waals surface area contributed by atoms with Gasteiger partial charge < -0.3 is 4.90 Å². The minimum Gasteiger partial charge on any atom is -0.345 e. The highest BCUT2D eigenvalue weighted by molar-refractivity contribution is 5.76. The molecule has 0 bridgehead atoms. The van der Waals surface area contributed by atoms with Gasteiger partial charge in [0.2, 0.25) is 0 Å². The fraction of sp³-hybridized carbons (Fsp3) is 0.278. The maximum absolute atomic E-state index is 2.44. The molecule has 1 nitrogen and oxygen atoms in total. The van der Waals surface area contributed by atoms with E-state index in [4.69, 9.17) is 0 Å². The summed E-state index contributed by atoms with van der Waals surface area (Å²) in [4.78, 5) is 2.30. The molecule has 0 aromatic heterocycles. The van der Waals surface area contributed by atoms with Crippen LogP contribution in [0, 0.1) is 11.8 Å². The second-order valence-corrected chi connectivity index (χ2v) is 11.1. The lowest BCUT2D eigenvalue weighted by Gasteiger charge is -2.25. The number of fused-ring (bicyclic) bond motifs is 1. The number of benzene rings is 3. The van der Waals surface area contributed by atoms with Crippen LogP contribution in [0.1, 0.15) is 59.9 Å². The van der Waals surface area contributed by atoms with E-state index in [2.05, 4.69) is 128 Å². The van der Waals surface area contributed by atoms with Crippen molar-refractivity contribution in [2.75, 3.05) is 11.9 Å². The molecule has 3 aromatic carbocycles. The Balaban J connectivity index is 1.13. The number of allylic oxidation sites excluding steroid dienone is 7. The number of rotatable bonds is 6. The van der Waals surface area contributed by atoms with E-state index in [1.807, 2.05) is 0 Å².